The van der Waals surface area contributed by atoms with E-state index < -0.39 is 97.5 Å². The summed E-state index contributed by atoms with van der Waals surface area (Å²) in [5, 5.41) is 10.6. The zero-order valence-corrected chi connectivity index (χ0v) is 64.1. The van der Waals surface area contributed by atoms with Gasteiger partial charge < -0.3 is 33.8 Å². The molecular weight excluding hydrogens is 1310 g/mol. The standard InChI is InChI=1S/C81H136O17P2/c1-5-9-13-17-21-25-29-32-35-36-37-38-41-43-47-50-54-58-62-66-79(84)92-72-77(98-81(86)68-64-60-56-52-48-44-40-34-31-27-23-19-15-11-7-3)74-96-100(89,90)94-70-75(82)69-93-99(87,88)95-73-76(97-80(85)67-63-59-55-51-45-28-24-20-16-12-8-4)71-91-78(83)65-61-57-53-49-46-42-39-33-30-26-22-18-14-10-6-2/h9-11,13-15,21-23,25-27,32-35,37-40,46,49,75-77,82H,5-8,12,16-20,24,28-31,36,41-45,47-48,50-74H2,1-4H3,(H,87,88)(H,89,90)/b13-9-,14-10-,15-11-,25-21-,26-22-,27-23-,35-32-,38-37-,39-33-,40-34-,49-46-. The number of aliphatic hydroxyl groups excluding tert-OH is 1. The van der Waals surface area contributed by atoms with Crippen LogP contribution in [0, 0.1) is 0 Å². The smallest absolute Gasteiger partial charge is 0.462 e. The van der Waals surface area contributed by atoms with Crippen molar-refractivity contribution in [3.8, 4) is 0 Å². The van der Waals surface area contributed by atoms with Crippen molar-refractivity contribution in [1.82, 2.24) is 0 Å². The van der Waals surface area contributed by atoms with Crippen molar-refractivity contribution in [3.63, 3.8) is 0 Å². The van der Waals surface area contributed by atoms with E-state index >= 15 is 0 Å². The number of hydrogen-bond donors (Lipinski definition) is 3. The number of carbonyl (C=O) groups excluding carboxylic acids is 4. The van der Waals surface area contributed by atoms with Gasteiger partial charge in [0, 0.05) is 25.7 Å². The third-order valence-electron chi connectivity index (χ3n) is 15.6. The molecule has 0 aliphatic rings. The first kappa shape index (κ1) is 95.2. The third kappa shape index (κ3) is 71.6. The second-order valence-electron chi connectivity index (χ2n) is 25.2. The number of allylic oxidation sites excluding steroid dienone is 22. The van der Waals surface area contributed by atoms with Gasteiger partial charge in [-0.1, -0.05) is 271 Å². The fourth-order valence-corrected chi connectivity index (χ4v) is 11.4. The Hall–Kier alpha value is -4.80. The fourth-order valence-electron chi connectivity index (χ4n) is 9.86. The molecule has 17 nitrogen and oxygen atoms in total. The molecule has 5 atom stereocenters. The fraction of sp³-hybridized carbons (Fsp3) is 0.679. The Labute approximate surface area is 605 Å². The van der Waals surface area contributed by atoms with Gasteiger partial charge in [-0.15, -0.1) is 0 Å². The molecule has 0 bridgehead atoms. The molecule has 0 aliphatic carbocycles. The molecule has 100 heavy (non-hydrogen) atoms. The van der Waals surface area contributed by atoms with Crippen molar-refractivity contribution in [2.75, 3.05) is 39.6 Å². The Morgan fingerprint density at radius 1 is 0.290 bits per heavy atom. The van der Waals surface area contributed by atoms with Gasteiger partial charge in [0.2, 0.25) is 0 Å². The van der Waals surface area contributed by atoms with Gasteiger partial charge in [-0.3, -0.25) is 37.3 Å². The predicted molar refractivity (Wildman–Crippen MR) is 408 cm³/mol. The molecule has 0 saturated heterocycles. The van der Waals surface area contributed by atoms with E-state index in [9.17, 15) is 43.2 Å². The van der Waals surface area contributed by atoms with E-state index in [-0.39, 0.29) is 25.7 Å². The van der Waals surface area contributed by atoms with Crippen molar-refractivity contribution in [2.45, 2.75) is 316 Å². The van der Waals surface area contributed by atoms with E-state index in [1.807, 2.05) is 0 Å². The molecule has 0 aliphatic heterocycles. The van der Waals surface area contributed by atoms with Crippen LogP contribution in [0.2, 0.25) is 0 Å². The van der Waals surface area contributed by atoms with Crippen LogP contribution in [-0.2, 0) is 65.4 Å². The Morgan fingerprint density at radius 3 is 0.820 bits per heavy atom. The van der Waals surface area contributed by atoms with Crippen LogP contribution < -0.4 is 0 Å². The van der Waals surface area contributed by atoms with Crippen molar-refractivity contribution >= 4 is 39.5 Å². The largest absolute Gasteiger partial charge is 0.472 e. The van der Waals surface area contributed by atoms with Crippen LogP contribution in [0.25, 0.3) is 0 Å². The van der Waals surface area contributed by atoms with Gasteiger partial charge in [0.1, 0.15) is 19.3 Å². The number of esters is 4. The Balaban J connectivity index is 5.38. The van der Waals surface area contributed by atoms with E-state index in [1.165, 1.54) is 38.5 Å². The first-order valence-electron chi connectivity index (χ1n) is 38.4. The molecule has 3 N–H and O–H groups in total. The molecule has 572 valence electrons. The summed E-state index contributed by atoms with van der Waals surface area (Å²) in [6.07, 6.45) is 80.2. The summed E-state index contributed by atoms with van der Waals surface area (Å²) in [4.78, 5) is 72.8. The molecule has 0 aromatic carbocycles. The average molecular weight is 1440 g/mol. The molecule has 0 fully saturated rings. The van der Waals surface area contributed by atoms with Gasteiger partial charge in [0.05, 0.1) is 26.4 Å². The number of rotatable bonds is 71. The van der Waals surface area contributed by atoms with Gasteiger partial charge in [-0.05, 0) is 135 Å². The summed E-state index contributed by atoms with van der Waals surface area (Å²) in [5.41, 5.74) is 0. The Kier molecular flexibility index (Phi) is 69.1. The monoisotopic (exact) mass is 1440 g/mol. The highest BCUT2D eigenvalue weighted by Crippen LogP contribution is 2.45. The molecule has 0 heterocycles. The molecule has 0 aromatic heterocycles. The van der Waals surface area contributed by atoms with Crippen LogP contribution in [0.15, 0.2) is 134 Å². The first-order valence-corrected chi connectivity index (χ1v) is 41.4. The molecule has 0 rings (SSSR count). The van der Waals surface area contributed by atoms with Gasteiger partial charge in [0.25, 0.3) is 0 Å². The lowest BCUT2D eigenvalue weighted by Gasteiger charge is -2.21. The lowest BCUT2D eigenvalue weighted by atomic mass is 10.1. The van der Waals surface area contributed by atoms with Crippen LogP contribution in [0.3, 0.4) is 0 Å². The molecular formula is C81H136O17P2. The van der Waals surface area contributed by atoms with E-state index in [2.05, 4.69) is 161 Å². The molecule has 0 saturated carbocycles. The van der Waals surface area contributed by atoms with Crippen LogP contribution in [0.1, 0.15) is 297 Å². The van der Waals surface area contributed by atoms with Crippen LogP contribution in [0.4, 0.5) is 0 Å². The number of ether oxygens (including phenoxy) is 4. The predicted octanol–water partition coefficient (Wildman–Crippen LogP) is 22.1. The Morgan fingerprint density at radius 2 is 0.520 bits per heavy atom. The van der Waals surface area contributed by atoms with Gasteiger partial charge in [-0.2, -0.15) is 0 Å². The maximum absolute atomic E-state index is 13.1. The number of unbranched alkanes of at least 4 members (excludes halogenated alkanes) is 23. The minimum Gasteiger partial charge on any atom is -0.462 e. The highest BCUT2D eigenvalue weighted by molar-refractivity contribution is 7.47. The summed E-state index contributed by atoms with van der Waals surface area (Å²) in [6.45, 7) is 4.44. The summed E-state index contributed by atoms with van der Waals surface area (Å²) < 4.78 is 68.4. The third-order valence-corrected chi connectivity index (χ3v) is 17.5. The van der Waals surface area contributed by atoms with Crippen molar-refractivity contribution in [2.24, 2.45) is 0 Å². The quantitative estimate of drug-likeness (QED) is 0.0169. The lowest BCUT2D eigenvalue weighted by molar-refractivity contribution is -0.161. The molecule has 0 radical (unpaired) electrons. The minimum atomic E-state index is -4.99. The van der Waals surface area contributed by atoms with Gasteiger partial charge in [-0.25, -0.2) is 9.13 Å². The molecule has 0 amide bonds. The zero-order chi connectivity index (χ0) is 73.2. The lowest BCUT2D eigenvalue weighted by Crippen LogP contribution is -2.30. The van der Waals surface area contributed by atoms with E-state index in [1.54, 1.807) is 0 Å². The zero-order valence-electron chi connectivity index (χ0n) is 62.3. The van der Waals surface area contributed by atoms with Crippen molar-refractivity contribution in [1.29, 1.82) is 0 Å². The molecule has 0 spiro atoms. The maximum Gasteiger partial charge on any atom is 0.472 e. The molecule has 5 unspecified atom stereocenters. The molecule has 0 aromatic rings. The average Bonchev–Trinajstić information content (AvgIpc) is 0.985. The van der Waals surface area contributed by atoms with Crippen LogP contribution in [0.5, 0.6) is 0 Å². The summed E-state index contributed by atoms with van der Waals surface area (Å²) in [6, 6.07) is 0. The number of carbonyl (C=O) groups is 4. The highest BCUT2D eigenvalue weighted by Gasteiger charge is 2.30. The van der Waals surface area contributed by atoms with Crippen LogP contribution >= 0.6 is 15.6 Å². The number of phosphoric ester groups is 2. The maximum atomic E-state index is 13.1. The summed E-state index contributed by atoms with van der Waals surface area (Å²) in [7, 11) is -9.97. The van der Waals surface area contributed by atoms with Gasteiger partial charge in [0.15, 0.2) is 12.2 Å². The van der Waals surface area contributed by atoms with E-state index in [0.29, 0.717) is 25.7 Å². The van der Waals surface area contributed by atoms with E-state index in [0.717, 1.165) is 180 Å². The minimum absolute atomic E-state index is 0.0683. The van der Waals surface area contributed by atoms with Crippen molar-refractivity contribution in [3.05, 3.63) is 134 Å². The van der Waals surface area contributed by atoms with E-state index in [4.69, 9.17) is 37.0 Å². The second-order valence-corrected chi connectivity index (χ2v) is 28.1. The number of phosphoric acid groups is 2. The van der Waals surface area contributed by atoms with Crippen molar-refractivity contribution < 1.29 is 80.2 Å². The SMILES string of the molecule is CC/C=C\C/C=C\C/C=C\C/C=C\CCCCCCCCC(=O)OCC(COP(=O)(O)OCC(O)COP(=O)(O)OCC(COC(=O)CCCC/C=C\C/C=C\C/C=C\C/C=C\CC)OC(=O)CCCCCCCCCCCCC)OC(=O)CCCCCCC/C=C\C/C=C\C/C=C\CC. The van der Waals surface area contributed by atoms with Crippen LogP contribution in [-0.4, -0.2) is 96.7 Å². The number of aliphatic hydroxyl groups is 1. The second kappa shape index (κ2) is 72.5. The van der Waals surface area contributed by atoms with Gasteiger partial charge >= 0.3 is 39.5 Å². The normalized spacial score (nSPS) is 14.7. The summed E-state index contributed by atoms with van der Waals surface area (Å²) >= 11 is 0. The molecule has 19 heteroatoms. The summed E-state index contributed by atoms with van der Waals surface area (Å²) in [5.74, 6) is -2.26. The highest BCUT2D eigenvalue weighted by atomic mass is 31.2. The number of hydrogen-bond acceptors (Lipinski definition) is 15. The first-order chi connectivity index (χ1) is 48.7. The Bertz CT molecular complexity index is 2420. The topological polar surface area (TPSA) is 237 Å².